The van der Waals surface area contributed by atoms with Crippen molar-refractivity contribution in [3.8, 4) is 11.4 Å². The summed E-state index contributed by atoms with van der Waals surface area (Å²) < 4.78 is 7.51. The minimum absolute atomic E-state index is 0.0947. The van der Waals surface area contributed by atoms with Crippen molar-refractivity contribution in [2.45, 2.75) is 32.6 Å². The van der Waals surface area contributed by atoms with Crippen LogP contribution in [-0.2, 0) is 0 Å². The van der Waals surface area contributed by atoms with Gasteiger partial charge in [0.2, 0.25) is 0 Å². The first-order chi connectivity index (χ1) is 14.1. The first-order valence-electron chi connectivity index (χ1n) is 10.4. The van der Waals surface area contributed by atoms with Crippen LogP contribution in [-0.4, -0.2) is 40.7 Å². The average molecular weight is 393 g/mol. The summed E-state index contributed by atoms with van der Waals surface area (Å²) in [6.45, 7) is 6.06. The van der Waals surface area contributed by atoms with Crippen molar-refractivity contribution in [1.29, 1.82) is 0 Å². The van der Waals surface area contributed by atoms with Gasteiger partial charge >= 0.3 is 0 Å². The van der Waals surface area contributed by atoms with Gasteiger partial charge in [-0.15, -0.1) is 0 Å². The van der Waals surface area contributed by atoms with Crippen LogP contribution in [0.1, 0.15) is 31.5 Å². The molecular formula is C23H28N4O2. The van der Waals surface area contributed by atoms with Crippen molar-refractivity contribution in [1.82, 2.24) is 14.5 Å². The van der Waals surface area contributed by atoms with E-state index in [-0.39, 0.29) is 5.56 Å². The number of ether oxygens (including phenoxy) is 1. The van der Waals surface area contributed by atoms with Gasteiger partial charge in [0.15, 0.2) is 0 Å². The van der Waals surface area contributed by atoms with Gasteiger partial charge in [-0.25, -0.2) is 4.98 Å². The topological polar surface area (TPSA) is 73.4 Å². The normalized spacial score (nSPS) is 14.9. The molecule has 6 heteroatoms. The number of likely N-dealkylation sites (tertiary alicyclic amines) is 1. The molecule has 1 fully saturated rings. The fourth-order valence-corrected chi connectivity index (χ4v) is 3.97. The highest BCUT2D eigenvalue weighted by Gasteiger charge is 2.11. The van der Waals surface area contributed by atoms with Crippen molar-refractivity contribution in [3.05, 3.63) is 58.6 Å². The molecule has 0 amide bonds. The number of nitrogen functional groups attached to an aromatic ring is 1. The summed E-state index contributed by atoms with van der Waals surface area (Å²) in [5.41, 5.74) is 7.72. The first-order valence-corrected chi connectivity index (χ1v) is 10.4. The number of benzene rings is 2. The minimum Gasteiger partial charge on any atom is -0.494 e. The van der Waals surface area contributed by atoms with Crippen LogP contribution in [0.3, 0.4) is 0 Å². The Morgan fingerprint density at radius 3 is 2.59 bits per heavy atom. The van der Waals surface area contributed by atoms with E-state index in [1.165, 1.54) is 32.4 Å². The monoisotopic (exact) mass is 392 g/mol. The van der Waals surface area contributed by atoms with E-state index in [0.717, 1.165) is 24.4 Å². The molecule has 0 aliphatic carbocycles. The van der Waals surface area contributed by atoms with Crippen molar-refractivity contribution < 1.29 is 4.74 Å². The molecule has 4 rings (SSSR count). The largest absolute Gasteiger partial charge is 0.494 e. The Bertz CT molecular complexity index is 1040. The quantitative estimate of drug-likeness (QED) is 0.513. The summed E-state index contributed by atoms with van der Waals surface area (Å²) in [4.78, 5) is 20.0. The van der Waals surface area contributed by atoms with Gasteiger partial charge in [-0.2, -0.15) is 0 Å². The Kier molecular flexibility index (Phi) is 5.81. The molecule has 2 aromatic carbocycles. The molecule has 1 aromatic heterocycles. The van der Waals surface area contributed by atoms with E-state index in [1.54, 1.807) is 22.8 Å². The minimum atomic E-state index is -0.0947. The predicted octanol–water partition coefficient (Wildman–Crippen LogP) is 3.53. The number of aryl methyl sites for hydroxylation is 1. The highest BCUT2D eigenvalue weighted by molar-refractivity contribution is 5.81. The predicted molar refractivity (Wildman–Crippen MR) is 117 cm³/mol. The SMILES string of the molecule is Cc1nc2cc(N)ccc2c(=O)n1-c1ccc(OCCCN2CCCCC2)cc1. The standard InChI is InChI=1S/C23H28N4O2/c1-17-25-22-16-18(24)6-11-21(22)23(28)27(17)19-7-9-20(10-8-19)29-15-5-14-26-12-3-2-4-13-26/h6-11,16H,2-5,12-15,24H2,1H3. The maximum Gasteiger partial charge on any atom is 0.265 e. The third-order valence-corrected chi connectivity index (χ3v) is 5.49. The summed E-state index contributed by atoms with van der Waals surface area (Å²) in [5.74, 6) is 1.45. The highest BCUT2D eigenvalue weighted by atomic mass is 16.5. The third-order valence-electron chi connectivity index (χ3n) is 5.49. The molecule has 1 aliphatic heterocycles. The molecule has 152 valence electrons. The van der Waals surface area contributed by atoms with E-state index in [1.807, 2.05) is 31.2 Å². The zero-order valence-corrected chi connectivity index (χ0v) is 16.9. The number of anilines is 1. The molecule has 29 heavy (non-hydrogen) atoms. The zero-order valence-electron chi connectivity index (χ0n) is 16.9. The highest BCUT2D eigenvalue weighted by Crippen LogP contribution is 2.18. The van der Waals surface area contributed by atoms with Gasteiger partial charge in [-0.05, 0) is 81.7 Å². The molecule has 0 radical (unpaired) electrons. The lowest BCUT2D eigenvalue weighted by Crippen LogP contribution is -2.31. The fourth-order valence-electron chi connectivity index (χ4n) is 3.97. The molecule has 0 saturated carbocycles. The maximum atomic E-state index is 13.0. The van der Waals surface area contributed by atoms with E-state index in [0.29, 0.717) is 29.0 Å². The Hall–Kier alpha value is -2.86. The van der Waals surface area contributed by atoms with Crippen molar-refractivity contribution in [3.63, 3.8) is 0 Å². The number of nitrogens with zero attached hydrogens (tertiary/aromatic N) is 3. The fraction of sp³-hybridized carbons (Fsp3) is 0.391. The second-order valence-corrected chi connectivity index (χ2v) is 7.67. The van der Waals surface area contributed by atoms with Crippen LogP contribution in [0.15, 0.2) is 47.3 Å². The van der Waals surface area contributed by atoms with Gasteiger partial charge < -0.3 is 15.4 Å². The van der Waals surface area contributed by atoms with Gasteiger partial charge in [-0.1, -0.05) is 6.42 Å². The summed E-state index contributed by atoms with van der Waals surface area (Å²) >= 11 is 0. The lowest BCUT2D eigenvalue weighted by molar-refractivity contribution is 0.205. The Balaban J connectivity index is 1.44. The molecule has 3 aromatic rings. The first kappa shape index (κ1) is 19.5. The summed E-state index contributed by atoms with van der Waals surface area (Å²) in [5, 5.41) is 0.558. The summed E-state index contributed by atoms with van der Waals surface area (Å²) in [6, 6.07) is 12.8. The van der Waals surface area contributed by atoms with Gasteiger partial charge in [-0.3, -0.25) is 9.36 Å². The smallest absolute Gasteiger partial charge is 0.265 e. The zero-order chi connectivity index (χ0) is 20.2. The molecule has 2 heterocycles. The van der Waals surface area contributed by atoms with Crippen LogP contribution in [0.4, 0.5) is 5.69 Å². The van der Waals surface area contributed by atoms with Crippen molar-refractivity contribution in [2.24, 2.45) is 0 Å². The Morgan fingerprint density at radius 1 is 1.07 bits per heavy atom. The van der Waals surface area contributed by atoms with Crippen LogP contribution in [0.25, 0.3) is 16.6 Å². The van der Waals surface area contributed by atoms with Gasteiger partial charge in [0, 0.05) is 12.2 Å². The van der Waals surface area contributed by atoms with Crippen molar-refractivity contribution >= 4 is 16.6 Å². The molecule has 2 N–H and O–H groups in total. The maximum absolute atomic E-state index is 13.0. The number of piperidine rings is 1. The molecule has 0 atom stereocenters. The number of hydrogen-bond acceptors (Lipinski definition) is 5. The number of aromatic nitrogens is 2. The number of rotatable bonds is 6. The van der Waals surface area contributed by atoms with Crippen LogP contribution < -0.4 is 16.0 Å². The molecule has 0 spiro atoms. The van der Waals surface area contributed by atoms with Gasteiger partial charge in [0.25, 0.3) is 5.56 Å². The molecule has 6 nitrogen and oxygen atoms in total. The Labute approximate surface area is 170 Å². The average Bonchev–Trinajstić information content (AvgIpc) is 2.73. The molecular weight excluding hydrogens is 364 g/mol. The van der Waals surface area contributed by atoms with E-state index in [2.05, 4.69) is 9.88 Å². The molecule has 0 unspecified atom stereocenters. The number of hydrogen-bond donors (Lipinski definition) is 1. The van der Waals surface area contributed by atoms with E-state index in [4.69, 9.17) is 10.5 Å². The molecule has 1 aliphatic rings. The van der Waals surface area contributed by atoms with Crippen LogP contribution >= 0.6 is 0 Å². The second kappa shape index (κ2) is 8.66. The summed E-state index contributed by atoms with van der Waals surface area (Å²) in [6.07, 6.45) is 5.02. The summed E-state index contributed by atoms with van der Waals surface area (Å²) in [7, 11) is 0. The van der Waals surface area contributed by atoms with Crippen LogP contribution in [0, 0.1) is 6.92 Å². The lowest BCUT2D eigenvalue weighted by Gasteiger charge is -2.26. The van der Waals surface area contributed by atoms with Crippen LogP contribution in [0.2, 0.25) is 0 Å². The van der Waals surface area contributed by atoms with Crippen LogP contribution in [0.5, 0.6) is 5.75 Å². The van der Waals surface area contributed by atoms with Gasteiger partial charge in [0.1, 0.15) is 11.6 Å². The Morgan fingerprint density at radius 2 is 1.83 bits per heavy atom. The number of fused-ring (bicyclic) bond motifs is 1. The molecule has 0 bridgehead atoms. The van der Waals surface area contributed by atoms with Crippen molar-refractivity contribution in [2.75, 3.05) is 32.0 Å². The van der Waals surface area contributed by atoms with E-state index in [9.17, 15) is 4.79 Å². The molecule has 1 saturated heterocycles. The lowest BCUT2D eigenvalue weighted by atomic mass is 10.1. The van der Waals surface area contributed by atoms with E-state index >= 15 is 0 Å². The second-order valence-electron chi connectivity index (χ2n) is 7.67. The number of nitrogens with two attached hydrogens (primary N) is 1. The third kappa shape index (κ3) is 4.43. The van der Waals surface area contributed by atoms with E-state index < -0.39 is 0 Å². The van der Waals surface area contributed by atoms with Gasteiger partial charge in [0.05, 0.1) is 23.2 Å².